The maximum atomic E-state index is 10.2. The van der Waals surface area contributed by atoms with Crippen molar-refractivity contribution in [2.45, 2.75) is 32.6 Å². The molecule has 0 aliphatic rings. The fourth-order valence-electron chi connectivity index (χ4n) is 0.738. The van der Waals surface area contributed by atoms with Crippen LogP contribution in [0.1, 0.15) is 32.6 Å². The Hall–Kier alpha value is -0.940. The van der Waals surface area contributed by atoms with Crippen molar-refractivity contribution in [3.63, 3.8) is 0 Å². The summed E-state index contributed by atoms with van der Waals surface area (Å²) in [6.07, 6.45) is 4.25. The van der Waals surface area contributed by atoms with Crippen molar-refractivity contribution in [3.05, 3.63) is 0 Å². The van der Waals surface area contributed by atoms with E-state index in [-0.39, 0.29) is 5.91 Å². The average molecular weight is 217 g/mol. The molecule has 15 heavy (non-hydrogen) atoms. The van der Waals surface area contributed by atoms with Gasteiger partial charge in [0.25, 0.3) is 0 Å². The van der Waals surface area contributed by atoms with E-state index in [0.29, 0.717) is 13.0 Å². The lowest BCUT2D eigenvalue weighted by molar-refractivity contribution is -0.119. The minimum atomic E-state index is -0.0408. The van der Waals surface area contributed by atoms with Crippen molar-refractivity contribution in [1.82, 2.24) is 5.32 Å². The molecule has 0 aliphatic heterocycles. The van der Waals surface area contributed by atoms with Crippen LogP contribution in [-0.4, -0.2) is 31.8 Å². The first kappa shape index (κ1) is 16.5. The zero-order valence-electron chi connectivity index (χ0n) is 9.50. The van der Waals surface area contributed by atoms with Gasteiger partial charge < -0.3 is 21.6 Å². The Bertz CT molecular complexity index is 148. The van der Waals surface area contributed by atoms with Crippen molar-refractivity contribution in [3.8, 4) is 0 Å². The minimum Gasteiger partial charge on any atom is -0.356 e. The summed E-state index contributed by atoms with van der Waals surface area (Å²) in [4.78, 5) is 19.9. The van der Waals surface area contributed by atoms with E-state index < -0.39 is 0 Å². The highest BCUT2D eigenvalue weighted by Crippen LogP contribution is 1.79. The second-order valence-electron chi connectivity index (χ2n) is 3.08. The summed E-state index contributed by atoms with van der Waals surface area (Å²) in [6, 6.07) is 0. The molecule has 5 nitrogen and oxygen atoms in total. The molecule has 0 atom stereocenters. The van der Waals surface area contributed by atoms with E-state index in [4.69, 9.17) is 11.5 Å². The Balaban J connectivity index is 0. The van der Waals surface area contributed by atoms with Crippen LogP contribution in [0.25, 0.3) is 0 Å². The molecule has 0 fully saturated rings. The fourth-order valence-corrected chi connectivity index (χ4v) is 0.738. The predicted octanol–water partition coefficient (Wildman–Crippen LogP) is -0.214. The van der Waals surface area contributed by atoms with Crippen LogP contribution in [0.2, 0.25) is 0 Å². The van der Waals surface area contributed by atoms with Crippen LogP contribution < -0.4 is 16.8 Å². The lowest BCUT2D eigenvalue weighted by Crippen LogP contribution is -2.20. The van der Waals surface area contributed by atoms with Gasteiger partial charge in [-0.25, -0.2) is 0 Å². The van der Waals surface area contributed by atoms with Gasteiger partial charge in [-0.3, -0.25) is 4.79 Å². The van der Waals surface area contributed by atoms with Gasteiger partial charge in [-0.1, -0.05) is 0 Å². The quantitative estimate of drug-likeness (QED) is 0.406. The summed E-state index contributed by atoms with van der Waals surface area (Å²) in [5.41, 5.74) is 10.3. The van der Waals surface area contributed by atoms with Crippen LogP contribution in [0.4, 0.5) is 0 Å². The van der Waals surface area contributed by atoms with Crippen molar-refractivity contribution < 1.29 is 9.59 Å². The van der Waals surface area contributed by atoms with Gasteiger partial charge >= 0.3 is 0 Å². The third-order valence-electron chi connectivity index (χ3n) is 1.53. The maximum absolute atomic E-state index is 10.2. The number of nitrogens with one attached hydrogen (secondary N) is 1. The smallest absolute Gasteiger partial charge is 0.216 e. The average Bonchev–Trinajstić information content (AvgIpc) is 2.22. The first-order valence-corrected chi connectivity index (χ1v) is 5.27. The lowest BCUT2D eigenvalue weighted by Gasteiger charge is -1.96. The Morgan fingerprint density at radius 2 is 1.73 bits per heavy atom. The summed E-state index contributed by atoms with van der Waals surface area (Å²) in [5.74, 6) is -0.0408. The standard InChI is InChI=1S/C6H11NO2.C4H12N2/c1-6(9)7-4-2-3-5-8;5-3-1-2-4-6/h5H,2-4H2,1H3,(H,7,9);1-6H2. The molecular formula is C10H23N3O2. The zero-order valence-corrected chi connectivity index (χ0v) is 9.50. The molecule has 0 saturated heterocycles. The SMILES string of the molecule is CC(=O)NCCCC=O.NCCCCN. The second-order valence-corrected chi connectivity index (χ2v) is 3.08. The van der Waals surface area contributed by atoms with Crippen LogP contribution in [-0.2, 0) is 9.59 Å². The largest absolute Gasteiger partial charge is 0.356 e. The minimum absolute atomic E-state index is 0.0408. The van der Waals surface area contributed by atoms with Crippen LogP contribution in [0.15, 0.2) is 0 Å². The monoisotopic (exact) mass is 217 g/mol. The van der Waals surface area contributed by atoms with E-state index in [1.807, 2.05) is 0 Å². The number of nitrogens with two attached hydrogens (primary N) is 2. The van der Waals surface area contributed by atoms with Gasteiger partial charge in [-0.2, -0.15) is 0 Å². The Labute approximate surface area is 91.6 Å². The summed E-state index contributed by atoms with van der Waals surface area (Å²) < 4.78 is 0. The van der Waals surface area contributed by atoms with Crippen LogP contribution in [0.5, 0.6) is 0 Å². The number of rotatable bonds is 7. The molecule has 0 rings (SSSR count). The highest BCUT2D eigenvalue weighted by molar-refractivity contribution is 5.72. The molecule has 5 heteroatoms. The summed E-state index contributed by atoms with van der Waals surface area (Å²) in [7, 11) is 0. The topological polar surface area (TPSA) is 98.2 Å². The molecule has 0 radical (unpaired) electrons. The summed E-state index contributed by atoms with van der Waals surface area (Å²) in [5, 5.41) is 2.58. The highest BCUT2D eigenvalue weighted by atomic mass is 16.1. The fraction of sp³-hybridized carbons (Fsp3) is 0.800. The predicted molar refractivity (Wildman–Crippen MR) is 61.3 cm³/mol. The molecule has 90 valence electrons. The molecule has 0 saturated carbocycles. The number of unbranched alkanes of at least 4 members (excludes halogenated alkanes) is 2. The molecule has 5 N–H and O–H groups in total. The van der Waals surface area contributed by atoms with Gasteiger partial charge in [0.15, 0.2) is 0 Å². The van der Waals surface area contributed by atoms with Crippen LogP contribution >= 0.6 is 0 Å². The van der Waals surface area contributed by atoms with Gasteiger partial charge in [0.05, 0.1) is 0 Å². The van der Waals surface area contributed by atoms with Gasteiger partial charge in [-0.05, 0) is 32.4 Å². The first-order chi connectivity index (χ1) is 7.18. The molecule has 0 unspecified atom stereocenters. The number of carbonyl (C=O) groups is 2. The molecule has 0 spiro atoms. The van der Waals surface area contributed by atoms with E-state index in [0.717, 1.165) is 38.6 Å². The number of carbonyl (C=O) groups excluding carboxylic acids is 2. The third kappa shape index (κ3) is 24.6. The highest BCUT2D eigenvalue weighted by Gasteiger charge is 1.87. The van der Waals surface area contributed by atoms with E-state index >= 15 is 0 Å². The molecule has 0 aromatic rings. The number of hydrogen-bond acceptors (Lipinski definition) is 4. The van der Waals surface area contributed by atoms with Gasteiger partial charge in [0.2, 0.25) is 5.91 Å². The van der Waals surface area contributed by atoms with E-state index in [1.54, 1.807) is 0 Å². The Morgan fingerprint density at radius 3 is 2.07 bits per heavy atom. The third-order valence-corrected chi connectivity index (χ3v) is 1.53. The molecule has 0 aliphatic carbocycles. The summed E-state index contributed by atoms with van der Waals surface area (Å²) in [6.45, 7) is 3.61. The summed E-state index contributed by atoms with van der Waals surface area (Å²) >= 11 is 0. The second kappa shape index (κ2) is 15.5. The van der Waals surface area contributed by atoms with Gasteiger partial charge in [-0.15, -0.1) is 0 Å². The van der Waals surface area contributed by atoms with Crippen LogP contribution in [0, 0.1) is 0 Å². The van der Waals surface area contributed by atoms with E-state index in [9.17, 15) is 9.59 Å². The molecule has 0 aromatic carbocycles. The van der Waals surface area contributed by atoms with Crippen LogP contribution in [0.3, 0.4) is 0 Å². The van der Waals surface area contributed by atoms with Crippen molar-refractivity contribution in [1.29, 1.82) is 0 Å². The van der Waals surface area contributed by atoms with Gasteiger partial charge in [0.1, 0.15) is 6.29 Å². The molecule has 1 amide bonds. The molecule has 0 aromatic heterocycles. The van der Waals surface area contributed by atoms with Crippen molar-refractivity contribution in [2.75, 3.05) is 19.6 Å². The number of aldehydes is 1. The Morgan fingerprint density at radius 1 is 1.20 bits per heavy atom. The van der Waals surface area contributed by atoms with Gasteiger partial charge in [0, 0.05) is 19.9 Å². The molecule has 0 bridgehead atoms. The van der Waals surface area contributed by atoms with E-state index in [1.165, 1.54) is 6.92 Å². The first-order valence-electron chi connectivity index (χ1n) is 5.27. The van der Waals surface area contributed by atoms with Crippen molar-refractivity contribution >= 4 is 12.2 Å². The number of amides is 1. The normalized spacial score (nSPS) is 8.73. The number of hydrogen-bond donors (Lipinski definition) is 3. The Kier molecular flexibility index (Phi) is 17.1. The molecule has 0 heterocycles. The molecular weight excluding hydrogens is 194 g/mol. The van der Waals surface area contributed by atoms with E-state index in [2.05, 4.69) is 5.32 Å². The lowest BCUT2D eigenvalue weighted by atomic mass is 10.3. The maximum Gasteiger partial charge on any atom is 0.216 e. The van der Waals surface area contributed by atoms with Crippen molar-refractivity contribution in [2.24, 2.45) is 11.5 Å². The zero-order chi connectivity index (χ0) is 11.9.